The average molecular weight is 489 g/mol. The van der Waals surface area contributed by atoms with Crippen molar-refractivity contribution in [3.05, 3.63) is 88.7 Å². The van der Waals surface area contributed by atoms with Crippen molar-refractivity contribution in [3.63, 3.8) is 0 Å². The Balaban J connectivity index is 1.38. The number of nitrogens with zero attached hydrogens (tertiary/aromatic N) is 2. The van der Waals surface area contributed by atoms with E-state index < -0.39 is 29.5 Å². The van der Waals surface area contributed by atoms with Crippen LogP contribution in [-0.2, 0) is 4.74 Å². The van der Waals surface area contributed by atoms with E-state index in [1.54, 1.807) is 25.1 Å². The molecule has 35 heavy (non-hydrogen) atoms. The third-order valence-corrected chi connectivity index (χ3v) is 6.29. The summed E-state index contributed by atoms with van der Waals surface area (Å²) < 4.78 is 18.9. The molecule has 3 aromatic carbocycles. The second-order valence-corrected chi connectivity index (χ2v) is 8.59. The van der Waals surface area contributed by atoms with Gasteiger partial charge in [-0.3, -0.25) is 19.7 Å². The highest BCUT2D eigenvalue weighted by molar-refractivity contribution is 7.22. The van der Waals surface area contributed by atoms with Crippen LogP contribution in [0.15, 0.2) is 60.7 Å². The maximum Gasteiger partial charge on any atom is 0.338 e. The molecule has 0 atom stereocenters. The van der Waals surface area contributed by atoms with Gasteiger partial charge in [-0.05, 0) is 67.6 Å². The number of hydrogen-bond acceptors (Lipinski definition) is 7. The number of aromatic nitrogens is 1. The van der Waals surface area contributed by atoms with Crippen LogP contribution in [0.3, 0.4) is 0 Å². The zero-order chi connectivity index (χ0) is 24.7. The SMILES string of the molecule is CCOC(=O)c1ccc2nc(NC(=O)c3ccc4c(c3)C(=O)N(c3ccc(F)cc3)C4=O)sc2c1. The number of nitrogens with one attached hydrogen (secondary N) is 1. The van der Waals surface area contributed by atoms with Crippen LogP contribution in [0.25, 0.3) is 10.2 Å². The number of amides is 3. The van der Waals surface area contributed by atoms with Crippen molar-refractivity contribution in [2.24, 2.45) is 0 Å². The summed E-state index contributed by atoms with van der Waals surface area (Å²) >= 11 is 1.18. The monoisotopic (exact) mass is 489 g/mol. The van der Waals surface area contributed by atoms with E-state index in [9.17, 15) is 23.6 Å². The van der Waals surface area contributed by atoms with Crippen LogP contribution >= 0.6 is 11.3 Å². The summed E-state index contributed by atoms with van der Waals surface area (Å²) in [5.74, 6) is -2.60. The van der Waals surface area contributed by atoms with E-state index in [4.69, 9.17) is 4.74 Å². The quantitative estimate of drug-likeness (QED) is 0.323. The molecule has 0 fully saturated rings. The molecule has 0 bridgehead atoms. The van der Waals surface area contributed by atoms with Crippen LogP contribution in [0.2, 0.25) is 0 Å². The molecular formula is C25H16FN3O5S. The van der Waals surface area contributed by atoms with E-state index in [1.807, 2.05) is 0 Å². The zero-order valence-electron chi connectivity index (χ0n) is 18.2. The molecule has 0 aliphatic carbocycles. The number of fused-ring (bicyclic) bond motifs is 2. The lowest BCUT2D eigenvalue weighted by molar-refractivity contribution is 0.0526. The van der Waals surface area contributed by atoms with Gasteiger partial charge in [0.15, 0.2) is 5.13 Å². The number of carbonyl (C=O) groups excluding carboxylic acids is 4. The van der Waals surface area contributed by atoms with Crippen molar-refractivity contribution in [2.45, 2.75) is 6.92 Å². The first-order valence-electron chi connectivity index (χ1n) is 10.5. The van der Waals surface area contributed by atoms with E-state index in [-0.39, 0.29) is 29.0 Å². The minimum Gasteiger partial charge on any atom is -0.462 e. The van der Waals surface area contributed by atoms with Gasteiger partial charge in [0.2, 0.25) is 0 Å². The van der Waals surface area contributed by atoms with E-state index in [0.29, 0.717) is 20.9 Å². The maximum atomic E-state index is 13.2. The molecule has 1 aliphatic heterocycles. The average Bonchev–Trinajstić information content (AvgIpc) is 3.36. The standard InChI is InChI=1S/C25H16FN3O5S/c1-2-34-24(33)14-4-10-19-20(12-14)35-25(27-19)28-21(30)13-3-9-17-18(11-13)23(32)29(22(17)31)16-7-5-15(26)6-8-16/h3-12H,2H2,1H3,(H,27,28,30). The van der Waals surface area contributed by atoms with Crippen LogP contribution in [-0.4, -0.2) is 35.3 Å². The lowest BCUT2D eigenvalue weighted by Gasteiger charge is -2.13. The maximum absolute atomic E-state index is 13.2. The summed E-state index contributed by atoms with van der Waals surface area (Å²) in [5.41, 5.74) is 1.62. The fourth-order valence-corrected chi connectivity index (χ4v) is 4.60. The molecule has 0 saturated carbocycles. The van der Waals surface area contributed by atoms with Crippen LogP contribution in [0, 0.1) is 5.82 Å². The number of ether oxygens (including phenoxy) is 1. The molecule has 8 nitrogen and oxygen atoms in total. The Labute approximate surface area is 202 Å². The Morgan fingerprint density at radius 1 is 0.971 bits per heavy atom. The highest BCUT2D eigenvalue weighted by atomic mass is 32.1. The molecule has 10 heteroatoms. The summed E-state index contributed by atoms with van der Waals surface area (Å²) in [5, 5.41) is 3.00. The molecule has 0 radical (unpaired) electrons. The topological polar surface area (TPSA) is 106 Å². The third-order valence-electron chi connectivity index (χ3n) is 5.35. The summed E-state index contributed by atoms with van der Waals surface area (Å²) in [6.45, 7) is 1.98. The molecule has 2 heterocycles. The van der Waals surface area contributed by atoms with Crippen molar-refractivity contribution in [1.29, 1.82) is 0 Å². The smallest absolute Gasteiger partial charge is 0.338 e. The first-order chi connectivity index (χ1) is 16.9. The number of esters is 1. The second-order valence-electron chi connectivity index (χ2n) is 7.56. The van der Waals surface area contributed by atoms with Crippen molar-refractivity contribution in [2.75, 3.05) is 16.8 Å². The Hall–Kier alpha value is -4.44. The largest absolute Gasteiger partial charge is 0.462 e. The van der Waals surface area contributed by atoms with Gasteiger partial charge >= 0.3 is 5.97 Å². The Morgan fingerprint density at radius 3 is 2.43 bits per heavy atom. The first-order valence-corrected chi connectivity index (χ1v) is 11.3. The fourth-order valence-electron chi connectivity index (χ4n) is 3.70. The molecular weight excluding hydrogens is 473 g/mol. The summed E-state index contributed by atoms with van der Waals surface area (Å²) in [4.78, 5) is 55.8. The molecule has 1 aliphatic rings. The molecule has 0 spiro atoms. The molecule has 174 valence electrons. The summed E-state index contributed by atoms with van der Waals surface area (Å²) in [7, 11) is 0. The minimum absolute atomic E-state index is 0.0790. The Bertz CT molecular complexity index is 1530. The molecule has 0 saturated heterocycles. The fraction of sp³-hybridized carbons (Fsp3) is 0.0800. The number of anilines is 2. The predicted octanol–water partition coefficient (Wildman–Crippen LogP) is 4.67. The molecule has 1 N–H and O–H groups in total. The second kappa shape index (κ2) is 8.73. The molecule has 5 rings (SSSR count). The van der Waals surface area contributed by atoms with Gasteiger partial charge in [0, 0.05) is 5.56 Å². The van der Waals surface area contributed by atoms with Gasteiger partial charge in [-0.1, -0.05) is 11.3 Å². The molecule has 4 aromatic rings. The Morgan fingerprint density at radius 2 is 1.69 bits per heavy atom. The van der Waals surface area contributed by atoms with Crippen LogP contribution in [0.5, 0.6) is 0 Å². The zero-order valence-corrected chi connectivity index (χ0v) is 19.0. The lowest BCUT2D eigenvalue weighted by atomic mass is 10.1. The Kier molecular flexibility index (Phi) is 5.58. The predicted molar refractivity (Wildman–Crippen MR) is 128 cm³/mol. The lowest BCUT2D eigenvalue weighted by Crippen LogP contribution is -2.29. The van der Waals surface area contributed by atoms with Gasteiger partial charge in [0.05, 0.1) is 39.2 Å². The third kappa shape index (κ3) is 4.04. The van der Waals surface area contributed by atoms with Crippen molar-refractivity contribution in [1.82, 2.24) is 4.98 Å². The number of thiazole rings is 1. The van der Waals surface area contributed by atoms with Gasteiger partial charge in [-0.15, -0.1) is 0 Å². The van der Waals surface area contributed by atoms with Crippen molar-refractivity contribution in [3.8, 4) is 0 Å². The van der Waals surface area contributed by atoms with Crippen molar-refractivity contribution < 1.29 is 28.3 Å². The number of imide groups is 1. The highest BCUT2D eigenvalue weighted by Crippen LogP contribution is 2.30. The van der Waals surface area contributed by atoms with Gasteiger partial charge in [0.25, 0.3) is 17.7 Å². The van der Waals surface area contributed by atoms with E-state index >= 15 is 0 Å². The summed E-state index contributed by atoms with van der Waals surface area (Å²) in [6.07, 6.45) is 0. The van der Waals surface area contributed by atoms with Crippen LogP contribution in [0.1, 0.15) is 48.4 Å². The van der Waals surface area contributed by atoms with Crippen LogP contribution < -0.4 is 10.2 Å². The van der Waals surface area contributed by atoms with Gasteiger partial charge in [0.1, 0.15) is 5.82 Å². The normalized spacial score (nSPS) is 12.7. The molecule has 0 unspecified atom stereocenters. The number of halogens is 1. The molecule has 1 aromatic heterocycles. The van der Waals surface area contributed by atoms with E-state index in [0.717, 1.165) is 17.0 Å². The van der Waals surface area contributed by atoms with E-state index in [1.165, 1.54) is 41.7 Å². The summed E-state index contributed by atoms with van der Waals surface area (Å²) in [6, 6.07) is 14.1. The minimum atomic E-state index is -0.599. The molecule has 3 amide bonds. The number of rotatable bonds is 5. The van der Waals surface area contributed by atoms with Crippen LogP contribution in [0.4, 0.5) is 15.2 Å². The van der Waals surface area contributed by atoms with E-state index in [2.05, 4.69) is 10.3 Å². The number of hydrogen-bond donors (Lipinski definition) is 1. The number of carbonyl (C=O) groups is 4. The van der Waals surface area contributed by atoms with Gasteiger partial charge in [-0.25, -0.2) is 19.1 Å². The first kappa shape index (κ1) is 22.4. The van der Waals surface area contributed by atoms with Crippen molar-refractivity contribution >= 4 is 56.1 Å². The highest BCUT2D eigenvalue weighted by Gasteiger charge is 2.37. The van der Waals surface area contributed by atoms with Gasteiger partial charge < -0.3 is 4.74 Å². The van der Waals surface area contributed by atoms with Gasteiger partial charge in [-0.2, -0.15) is 0 Å². The number of benzene rings is 3.